The third-order valence-electron chi connectivity index (χ3n) is 0.892. The standard InChI is InChI=1S/C6H13NO/c1-6(3-4-8)5-7-2/h7-8H,1,3-5H2,2H3. The highest BCUT2D eigenvalue weighted by Gasteiger charge is 1.87. The third kappa shape index (κ3) is 3.84. The van der Waals surface area contributed by atoms with Crippen LogP contribution in [0.15, 0.2) is 12.2 Å². The fourth-order valence-electron chi connectivity index (χ4n) is 0.497. The fraction of sp³-hybridized carbons (Fsp3) is 0.667. The van der Waals surface area contributed by atoms with Gasteiger partial charge in [0, 0.05) is 13.2 Å². The quantitative estimate of drug-likeness (QED) is 0.511. The maximum Gasteiger partial charge on any atom is 0.0468 e. The van der Waals surface area contributed by atoms with Crippen molar-refractivity contribution in [3.63, 3.8) is 0 Å². The van der Waals surface area contributed by atoms with Crippen molar-refractivity contribution in [1.82, 2.24) is 5.32 Å². The van der Waals surface area contributed by atoms with E-state index < -0.39 is 0 Å². The lowest BCUT2D eigenvalue weighted by Gasteiger charge is -1.99. The predicted molar refractivity (Wildman–Crippen MR) is 34.8 cm³/mol. The van der Waals surface area contributed by atoms with E-state index in [1.54, 1.807) is 0 Å². The molecule has 0 aromatic rings. The number of hydrogen-bond donors (Lipinski definition) is 2. The van der Waals surface area contributed by atoms with Gasteiger partial charge >= 0.3 is 0 Å². The summed E-state index contributed by atoms with van der Waals surface area (Å²) < 4.78 is 0. The molecule has 2 heteroatoms. The molecule has 0 fully saturated rings. The monoisotopic (exact) mass is 115 g/mol. The van der Waals surface area contributed by atoms with Crippen molar-refractivity contribution >= 4 is 0 Å². The molecule has 0 radical (unpaired) electrons. The van der Waals surface area contributed by atoms with Gasteiger partial charge in [0.2, 0.25) is 0 Å². The normalized spacial score (nSPS) is 9.25. The summed E-state index contributed by atoms with van der Waals surface area (Å²) in [7, 11) is 1.86. The summed E-state index contributed by atoms with van der Waals surface area (Å²) in [4.78, 5) is 0. The molecule has 0 aromatic carbocycles. The van der Waals surface area contributed by atoms with Crippen LogP contribution in [-0.4, -0.2) is 25.3 Å². The summed E-state index contributed by atoms with van der Waals surface area (Å²) in [6, 6.07) is 0. The molecule has 0 atom stereocenters. The van der Waals surface area contributed by atoms with Gasteiger partial charge in [-0.3, -0.25) is 0 Å². The Labute approximate surface area is 50.2 Å². The number of hydrogen-bond acceptors (Lipinski definition) is 2. The van der Waals surface area contributed by atoms with Crippen molar-refractivity contribution in [2.24, 2.45) is 0 Å². The Morgan fingerprint density at radius 1 is 1.75 bits per heavy atom. The molecule has 0 saturated heterocycles. The lowest BCUT2D eigenvalue weighted by Crippen LogP contribution is -2.10. The van der Waals surface area contributed by atoms with E-state index in [0.29, 0.717) is 6.42 Å². The molecule has 0 aromatic heterocycles. The van der Waals surface area contributed by atoms with Crippen LogP contribution in [0, 0.1) is 0 Å². The molecule has 0 aliphatic heterocycles. The van der Waals surface area contributed by atoms with Crippen molar-refractivity contribution in [3.05, 3.63) is 12.2 Å². The van der Waals surface area contributed by atoms with E-state index in [9.17, 15) is 0 Å². The highest BCUT2D eigenvalue weighted by atomic mass is 16.2. The lowest BCUT2D eigenvalue weighted by molar-refractivity contribution is 0.298. The first-order chi connectivity index (χ1) is 3.81. The van der Waals surface area contributed by atoms with Crippen molar-refractivity contribution in [1.29, 1.82) is 0 Å². The van der Waals surface area contributed by atoms with Crippen LogP contribution in [0.5, 0.6) is 0 Å². The van der Waals surface area contributed by atoms with Crippen molar-refractivity contribution in [2.75, 3.05) is 20.2 Å². The Kier molecular flexibility index (Phi) is 4.61. The van der Waals surface area contributed by atoms with Gasteiger partial charge in [-0.25, -0.2) is 0 Å². The highest BCUT2D eigenvalue weighted by Crippen LogP contribution is 1.91. The molecule has 0 aliphatic rings. The molecule has 0 aliphatic carbocycles. The van der Waals surface area contributed by atoms with Gasteiger partial charge in [-0.05, 0) is 13.5 Å². The molecule has 0 heterocycles. The first kappa shape index (κ1) is 7.66. The Balaban J connectivity index is 3.06. The number of aliphatic hydroxyl groups excluding tert-OH is 1. The Hall–Kier alpha value is -0.340. The average molecular weight is 115 g/mol. The molecule has 2 nitrogen and oxygen atoms in total. The molecule has 0 bridgehead atoms. The Morgan fingerprint density at radius 2 is 2.38 bits per heavy atom. The van der Waals surface area contributed by atoms with Crippen LogP contribution in [-0.2, 0) is 0 Å². The number of rotatable bonds is 4. The number of nitrogens with one attached hydrogen (secondary N) is 1. The van der Waals surface area contributed by atoms with Crippen LogP contribution in [0.3, 0.4) is 0 Å². The summed E-state index contributed by atoms with van der Waals surface area (Å²) in [5.41, 5.74) is 1.05. The largest absolute Gasteiger partial charge is 0.396 e. The van der Waals surface area contributed by atoms with Gasteiger partial charge in [0.05, 0.1) is 0 Å². The van der Waals surface area contributed by atoms with E-state index in [-0.39, 0.29) is 6.61 Å². The molecule has 0 amide bonds. The number of aliphatic hydroxyl groups is 1. The predicted octanol–water partition coefficient (Wildman–Crippen LogP) is 0.144. The van der Waals surface area contributed by atoms with Crippen LogP contribution in [0.2, 0.25) is 0 Å². The Bertz CT molecular complexity index is 62.9. The SMILES string of the molecule is C=C(CCO)CNC. The highest BCUT2D eigenvalue weighted by molar-refractivity contribution is 4.95. The Morgan fingerprint density at radius 3 is 2.75 bits per heavy atom. The van der Waals surface area contributed by atoms with E-state index in [1.165, 1.54) is 0 Å². The van der Waals surface area contributed by atoms with Gasteiger partial charge in [0.15, 0.2) is 0 Å². The molecular weight excluding hydrogens is 102 g/mol. The van der Waals surface area contributed by atoms with Crippen LogP contribution >= 0.6 is 0 Å². The van der Waals surface area contributed by atoms with Gasteiger partial charge in [-0.2, -0.15) is 0 Å². The molecule has 0 rings (SSSR count). The summed E-state index contributed by atoms with van der Waals surface area (Å²) in [6.45, 7) is 4.73. The van der Waals surface area contributed by atoms with Crippen LogP contribution < -0.4 is 5.32 Å². The third-order valence-corrected chi connectivity index (χ3v) is 0.892. The summed E-state index contributed by atoms with van der Waals surface area (Å²) in [5.74, 6) is 0. The average Bonchev–Trinajstić information content (AvgIpc) is 1.68. The lowest BCUT2D eigenvalue weighted by atomic mass is 10.2. The first-order valence-corrected chi connectivity index (χ1v) is 2.73. The minimum absolute atomic E-state index is 0.209. The number of likely N-dealkylation sites (N-methyl/N-ethyl adjacent to an activating group) is 1. The van der Waals surface area contributed by atoms with Crippen molar-refractivity contribution in [2.45, 2.75) is 6.42 Å². The zero-order valence-electron chi connectivity index (χ0n) is 5.28. The summed E-state index contributed by atoms with van der Waals surface area (Å²) in [5, 5.41) is 11.3. The smallest absolute Gasteiger partial charge is 0.0468 e. The maximum absolute atomic E-state index is 8.37. The molecule has 8 heavy (non-hydrogen) atoms. The second kappa shape index (κ2) is 4.81. The molecular formula is C6H13NO. The molecule has 48 valence electrons. The van der Waals surface area contributed by atoms with E-state index in [2.05, 4.69) is 11.9 Å². The summed E-state index contributed by atoms with van der Waals surface area (Å²) in [6.07, 6.45) is 0.709. The van der Waals surface area contributed by atoms with Crippen molar-refractivity contribution < 1.29 is 5.11 Å². The van der Waals surface area contributed by atoms with Gasteiger partial charge < -0.3 is 10.4 Å². The first-order valence-electron chi connectivity index (χ1n) is 2.73. The zero-order chi connectivity index (χ0) is 6.41. The minimum atomic E-state index is 0.209. The topological polar surface area (TPSA) is 32.3 Å². The maximum atomic E-state index is 8.37. The van der Waals surface area contributed by atoms with E-state index in [1.807, 2.05) is 7.05 Å². The van der Waals surface area contributed by atoms with Gasteiger partial charge in [0.25, 0.3) is 0 Å². The molecule has 2 N–H and O–H groups in total. The van der Waals surface area contributed by atoms with Gasteiger partial charge in [-0.1, -0.05) is 12.2 Å². The molecule has 0 unspecified atom stereocenters. The zero-order valence-corrected chi connectivity index (χ0v) is 5.28. The second-order valence-electron chi connectivity index (χ2n) is 1.75. The van der Waals surface area contributed by atoms with Crippen LogP contribution in [0.4, 0.5) is 0 Å². The van der Waals surface area contributed by atoms with Gasteiger partial charge in [0.1, 0.15) is 0 Å². The second-order valence-corrected chi connectivity index (χ2v) is 1.75. The summed E-state index contributed by atoms with van der Waals surface area (Å²) >= 11 is 0. The molecule has 0 spiro atoms. The minimum Gasteiger partial charge on any atom is -0.396 e. The van der Waals surface area contributed by atoms with Crippen molar-refractivity contribution in [3.8, 4) is 0 Å². The van der Waals surface area contributed by atoms with E-state index in [4.69, 9.17) is 5.11 Å². The van der Waals surface area contributed by atoms with Gasteiger partial charge in [-0.15, -0.1) is 0 Å². The molecule has 0 saturated carbocycles. The van der Waals surface area contributed by atoms with Crippen LogP contribution in [0.25, 0.3) is 0 Å². The van der Waals surface area contributed by atoms with Crippen LogP contribution in [0.1, 0.15) is 6.42 Å². The van der Waals surface area contributed by atoms with E-state index in [0.717, 1.165) is 12.1 Å². The van der Waals surface area contributed by atoms with E-state index >= 15 is 0 Å². The fourth-order valence-corrected chi connectivity index (χ4v) is 0.497.